The molecule has 1 aromatic carbocycles. The van der Waals surface area contributed by atoms with Crippen LogP contribution in [-0.2, 0) is 0 Å². The molecule has 4 nitrogen and oxygen atoms in total. The predicted octanol–water partition coefficient (Wildman–Crippen LogP) is 3.69. The lowest BCUT2D eigenvalue weighted by molar-refractivity contribution is 0.229. The van der Waals surface area contributed by atoms with E-state index in [1.54, 1.807) is 18.2 Å². The molecule has 4 heteroatoms. The van der Waals surface area contributed by atoms with Crippen LogP contribution in [0.15, 0.2) is 23.8 Å². The molecule has 0 heterocycles. The Morgan fingerprint density at radius 1 is 0.950 bits per heavy atom. The molecule has 0 aliphatic carbocycles. The Kier molecular flexibility index (Phi) is 5.62. The highest BCUT2D eigenvalue weighted by molar-refractivity contribution is 5.64. The van der Waals surface area contributed by atoms with E-state index < -0.39 is 0 Å². The standard InChI is InChI=1S/C16H18N2O2/c1-11(2)19-15-6-13(5-14(9-17)10-18)7-16(8-15)20-12(3)4/h5-8,11-12H,1-4H3. The molecule has 0 bridgehead atoms. The lowest BCUT2D eigenvalue weighted by atomic mass is 10.1. The van der Waals surface area contributed by atoms with Gasteiger partial charge in [-0.15, -0.1) is 0 Å². The van der Waals surface area contributed by atoms with E-state index in [0.717, 1.165) is 0 Å². The molecular weight excluding hydrogens is 252 g/mol. The third-order valence-electron chi connectivity index (χ3n) is 2.20. The third kappa shape index (κ3) is 5.04. The van der Waals surface area contributed by atoms with Gasteiger partial charge in [0.1, 0.15) is 29.2 Å². The summed E-state index contributed by atoms with van der Waals surface area (Å²) in [4.78, 5) is 0. The number of allylic oxidation sites excluding steroid dienone is 1. The van der Waals surface area contributed by atoms with Crippen LogP contribution in [0.5, 0.6) is 11.5 Å². The van der Waals surface area contributed by atoms with Crippen LogP contribution in [0.4, 0.5) is 0 Å². The van der Waals surface area contributed by atoms with Crippen molar-refractivity contribution in [2.75, 3.05) is 0 Å². The van der Waals surface area contributed by atoms with Crippen LogP contribution >= 0.6 is 0 Å². The Hall–Kier alpha value is -2.46. The molecule has 0 spiro atoms. The maximum Gasteiger partial charge on any atom is 0.130 e. The van der Waals surface area contributed by atoms with E-state index in [9.17, 15) is 0 Å². The summed E-state index contributed by atoms with van der Waals surface area (Å²) in [6.07, 6.45) is 1.58. The summed E-state index contributed by atoms with van der Waals surface area (Å²) in [6, 6.07) is 9.04. The zero-order valence-corrected chi connectivity index (χ0v) is 12.2. The van der Waals surface area contributed by atoms with Crippen molar-refractivity contribution in [3.63, 3.8) is 0 Å². The van der Waals surface area contributed by atoms with Crippen LogP contribution in [0.2, 0.25) is 0 Å². The van der Waals surface area contributed by atoms with Crippen molar-refractivity contribution >= 4 is 6.08 Å². The minimum atomic E-state index is 0.0348. The van der Waals surface area contributed by atoms with Gasteiger partial charge >= 0.3 is 0 Å². The van der Waals surface area contributed by atoms with Crippen molar-refractivity contribution in [1.82, 2.24) is 0 Å². The first-order chi connectivity index (χ1) is 9.44. The van der Waals surface area contributed by atoms with E-state index in [4.69, 9.17) is 20.0 Å². The smallest absolute Gasteiger partial charge is 0.130 e. The average molecular weight is 270 g/mol. The summed E-state index contributed by atoms with van der Waals surface area (Å²) in [6.45, 7) is 7.73. The molecule has 0 unspecified atom stereocenters. The Morgan fingerprint density at radius 2 is 1.40 bits per heavy atom. The average Bonchev–Trinajstić information content (AvgIpc) is 2.33. The Bertz CT molecular complexity index is 531. The molecule has 0 radical (unpaired) electrons. The highest BCUT2D eigenvalue weighted by Gasteiger charge is 2.06. The third-order valence-corrected chi connectivity index (χ3v) is 2.20. The van der Waals surface area contributed by atoms with Crippen molar-refractivity contribution in [1.29, 1.82) is 10.5 Å². The fraction of sp³-hybridized carbons (Fsp3) is 0.375. The van der Waals surface area contributed by atoms with E-state index in [0.29, 0.717) is 17.1 Å². The van der Waals surface area contributed by atoms with E-state index in [2.05, 4.69) is 0 Å². The lowest BCUT2D eigenvalue weighted by Gasteiger charge is -2.14. The van der Waals surface area contributed by atoms with Crippen molar-refractivity contribution < 1.29 is 9.47 Å². The minimum Gasteiger partial charge on any atom is -0.491 e. The fourth-order valence-corrected chi connectivity index (χ4v) is 1.61. The molecule has 1 aromatic rings. The largest absolute Gasteiger partial charge is 0.491 e. The van der Waals surface area contributed by atoms with Gasteiger partial charge in [0.2, 0.25) is 0 Å². The van der Waals surface area contributed by atoms with Gasteiger partial charge < -0.3 is 9.47 Å². The van der Waals surface area contributed by atoms with Crippen LogP contribution in [-0.4, -0.2) is 12.2 Å². The molecular formula is C16H18N2O2. The molecule has 1 rings (SSSR count). The van der Waals surface area contributed by atoms with Gasteiger partial charge in [0.25, 0.3) is 0 Å². The van der Waals surface area contributed by atoms with Crippen LogP contribution in [0, 0.1) is 22.7 Å². The van der Waals surface area contributed by atoms with Gasteiger partial charge in [0.05, 0.1) is 12.2 Å². The maximum absolute atomic E-state index is 8.81. The number of hydrogen-bond acceptors (Lipinski definition) is 4. The predicted molar refractivity (Wildman–Crippen MR) is 77.2 cm³/mol. The summed E-state index contributed by atoms with van der Waals surface area (Å²) < 4.78 is 11.3. The summed E-state index contributed by atoms with van der Waals surface area (Å²) in [5.41, 5.74) is 0.749. The number of nitrogens with zero attached hydrogens (tertiary/aromatic N) is 2. The van der Waals surface area contributed by atoms with Gasteiger partial charge in [-0.2, -0.15) is 10.5 Å². The summed E-state index contributed by atoms with van der Waals surface area (Å²) in [7, 11) is 0. The first kappa shape index (κ1) is 15.6. The molecule has 0 aliphatic heterocycles. The number of nitriles is 2. The van der Waals surface area contributed by atoms with E-state index in [-0.39, 0.29) is 17.8 Å². The van der Waals surface area contributed by atoms with Crippen molar-refractivity contribution in [2.24, 2.45) is 0 Å². The zero-order chi connectivity index (χ0) is 15.1. The van der Waals surface area contributed by atoms with Gasteiger partial charge in [-0.3, -0.25) is 0 Å². The van der Waals surface area contributed by atoms with E-state index >= 15 is 0 Å². The molecule has 20 heavy (non-hydrogen) atoms. The number of ether oxygens (including phenoxy) is 2. The highest BCUT2D eigenvalue weighted by Crippen LogP contribution is 2.26. The quantitative estimate of drug-likeness (QED) is 0.765. The molecule has 0 N–H and O–H groups in total. The Balaban J connectivity index is 3.20. The van der Waals surface area contributed by atoms with Gasteiger partial charge in [-0.05, 0) is 51.5 Å². The number of benzene rings is 1. The van der Waals surface area contributed by atoms with Crippen LogP contribution < -0.4 is 9.47 Å². The van der Waals surface area contributed by atoms with Crippen LogP contribution in [0.1, 0.15) is 33.3 Å². The normalized spacial score (nSPS) is 9.80. The van der Waals surface area contributed by atoms with Crippen molar-refractivity contribution in [3.8, 4) is 23.6 Å². The molecule has 0 amide bonds. The molecule has 0 fully saturated rings. The second-order valence-electron chi connectivity index (χ2n) is 4.85. The SMILES string of the molecule is CC(C)Oc1cc(C=C(C#N)C#N)cc(OC(C)C)c1. The maximum atomic E-state index is 8.81. The lowest BCUT2D eigenvalue weighted by Crippen LogP contribution is -2.08. The van der Waals surface area contributed by atoms with Crippen LogP contribution in [0.3, 0.4) is 0 Å². The Labute approximate surface area is 119 Å². The molecule has 0 atom stereocenters. The minimum absolute atomic E-state index is 0.0348. The van der Waals surface area contributed by atoms with E-state index in [1.807, 2.05) is 39.8 Å². The summed E-state index contributed by atoms with van der Waals surface area (Å²) >= 11 is 0. The summed E-state index contributed by atoms with van der Waals surface area (Å²) in [5.74, 6) is 1.30. The molecule has 0 saturated heterocycles. The Morgan fingerprint density at radius 3 is 1.75 bits per heavy atom. The van der Waals surface area contributed by atoms with Gasteiger partial charge in [0.15, 0.2) is 0 Å². The topological polar surface area (TPSA) is 66.0 Å². The second-order valence-corrected chi connectivity index (χ2v) is 4.85. The van der Waals surface area contributed by atoms with Gasteiger partial charge in [0, 0.05) is 6.07 Å². The monoisotopic (exact) mass is 270 g/mol. The molecule has 0 aliphatic rings. The van der Waals surface area contributed by atoms with Crippen LogP contribution in [0.25, 0.3) is 6.08 Å². The first-order valence-corrected chi connectivity index (χ1v) is 6.45. The van der Waals surface area contributed by atoms with Crippen molar-refractivity contribution in [2.45, 2.75) is 39.9 Å². The molecule has 0 saturated carbocycles. The van der Waals surface area contributed by atoms with Gasteiger partial charge in [-0.1, -0.05) is 0 Å². The number of rotatable bonds is 5. The van der Waals surface area contributed by atoms with Gasteiger partial charge in [-0.25, -0.2) is 0 Å². The number of hydrogen-bond donors (Lipinski definition) is 0. The fourth-order valence-electron chi connectivity index (χ4n) is 1.61. The molecule has 104 valence electrons. The molecule has 0 aromatic heterocycles. The second kappa shape index (κ2) is 7.21. The van der Waals surface area contributed by atoms with Crippen molar-refractivity contribution in [3.05, 3.63) is 29.3 Å². The first-order valence-electron chi connectivity index (χ1n) is 6.45. The highest BCUT2D eigenvalue weighted by atomic mass is 16.5. The summed E-state index contributed by atoms with van der Waals surface area (Å²) in [5, 5.41) is 17.6. The zero-order valence-electron chi connectivity index (χ0n) is 12.2. The van der Waals surface area contributed by atoms with E-state index in [1.165, 1.54) is 6.08 Å².